The zero-order chi connectivity index (χ0) is 12.5. The van der Waals surface area contributed by atoms with E-state index in [-0.39, 0.29) is 0 Å². The molecule has 3 rings (SSSR count). The number of aryl methyl sites for hydroxylation is 1. The van der Waals surface area contributed by atoms with Crippen molar-refractivity contribution in [3.05, 3.63) is 29.3 Å². The summed E-state index contributed by atoms with van der Waals surface area (Å²) in [4.78, 5) is 2.46. The molecule has 0 saturated carbocycles. The van der Waals surface area contributed by atoms with Gasteiger partial charge < -0.3 is 9.64 Å². The fourth-order valence-electron chi connectivity index (χ4n) is 3.67. The van der Waals surface area contributed by atoms with Gasteiger partial charge in [-0.05, 0) is 80.9 Å². The van der Waals surface area contributed by atoms with E-state index in [1.807, 2.05) is 0 Å². The zero-order valence-corrected chi connectivity index (χ0v) is 11.5. The highest BCUT2D eigenvalue weighted by atomic mass is 16.5. The number of likely N-dealkylation sites (tertiary alicyclic amines) is 1. The maximum absolute atomic E-state index is 5.33. The summed E-state index contributed by atoms with van der Waals surface area (Å²) in [6.45, 7) is 2.54. The number of hydrogen-bond acceptors (Lipinski definition) is 2. The Labute approximate surface area is 110 Å². The molecule has 1 fully saturated rings. The lowest BCUT2D eigenvalue weighted by molar-refractivity contribution is 0.197. The molecule has 2 nitrogen and oxygen atoms in total. The second kappa shape index (κ2) is 4.93. The van der Waals surface area contributed by atoms with Gasteiger partial charge >= 0.3 is 0 Å². The van der Waals surface area contributed by atoms with Crippen LogP contribution in [0.5, 0.6) is 5.75 Å². The lowest BCUT2D eigenvalue weighted by atomic mass is 9.81. The Balaban J connectivity index is 1.78. The average Bonchev–Trinajstić information content (AvgIpc) is 2.82. The van der Waals surface area contributed by atoms with Gasteiger partial charge in [0.2, 0.25) is 0 Å². The molecular weight excluding hydrogens is 222 g/mol. The number of hydrogen-bond donors (Lipinski definition) is 0. The first-order chi connectivity index (χ1) is 8.78. The molecule has 2 heteroatoms. The number of piperidine rings is 1. The third-order valence-corrected chi connectivity index (χ3v) is 4.81. The number of benzene rings is 1. The Bertz CT molecular complexity index is 421. The molecule has 0 bridgehead atoms. The minimum atomic E-state index is 0.805. The lowest BCUT2D eigenvalue weighted by Crippen LogP contribution is -2.32. The zero-order valence-electron chi connectivity index (χ0n) is 11.5. The quantitative estimate of drug-likeness (QED) is 0.794. The largest absolute Gasteiger partial charge is 0.497 e. The van der Waals surface area contributed by atoms with Gasteiger partial charge in [-0.2, -0.15) is 0 Å². The van der Waals surface area contributed by atoms with Gasteiger partial charge in [0.05, 0.1) is 7.11 Å². The minimum absolute atomic E-state index is 0.805. The first-order valence-electron chi connectivity index (χ1n) is 7.13. The molecule has 1 saturated heterocycles. The van der Waals surface area contributed by atoms with Crippen molar-refractivity contribution in [1.82, 2.24) is 4.90 Å². The highest BCUT2D eigenvalue weighted by molar-refractivity contribution is 5.41. The molecule has 1 unspecified atom stereocenters. The summed E-state index contributed by atoms with van der Waals surface area (Å²) >= 11 is 0. The maximum Gasteiger partial charge on any atom is 0.119 e. The first-order valence-corrected chi connectivity index (χ1v) is 7.13. The van der Waals surface area contributed by atoms with E-state index < -0.39 is 0 Å². The molecular formula is C16H23NO. The highest BCUT2D eigenvalue weighted by Crippen LogP contribution is 2.43. The van der Waals surface area contributed by atoms with Gasteiger partial charge in [0.25, 0.3) is 0 Å². The molecule has 1 aromatic carbocycles. The monoisotopic (exact) mass is 245 g/mol. The molecule has 1 aliphatic heterocycles. The summed E-state index contributed by atoms with van der Waals surface area (Å²) < 4.78 is 5.33. The van der Waals surface area contributed by atoms with Crippen molar-refractivity contribution in [2.75, 3.05) is 27.2 Å². The molecule has 1 aliphatic carbocycles. The number of nitrogens with zero attached hydrogens (tertiary/aromatic N) is 1. The minimum Gasteiger partial charge on any atom is -0.497 e. The molecule has 98 valence electrons. The van der Waals surface area contributed by atoms with Gasteiger partial charge in [-0.1, -0.05) is 6.07 Å². The van der Waals surface area contributed by atoms with Crippen molar-refractivity contribution in [2.24, 2.45) is 5.92 Å². The highest BCUT2D eigenvalue weighted by Gasteiger charge is 2.31. The van der Waals surface area contributed by atoms with E-state index in [0.29, 0.717) is 0 Å². The molecule has 1 heterocycles. The second-order valence-corrected chi connectivity index (χ2v) is 5.85. The molecule has 0 radical (unpaired) electrons. The van der Waals surface area contributed by atoms with Crippen LogP contribution in [0.2, 0.25) is 0 Å². The summed E-state index contributed by atoms with van der Waals surface area (Å²) in [6.07, 6.45) is 5.32. The third kappa shape index (κ3) is 2.14. The number of rotatable bonds is 2. The fraction of sp³-hybridized carbons (Fsp3) is 0.625. The van der Waals surface area contributed by atoms with Gasteiger partial charge in [0.15, 0.2) is 0 Å². The molecule has 0 aromatic heterocycles. The lowest BCUT2D eigenvalue weighted by Gasteiger charge is -2.33. The van der Waals surface area contributed by atoms with Crippen LogP contribution in [0.3, 0.4) is 0 Å². The van der Waals surface area contributed by atoms with E-state index in [1.54, 1.807) is 12.7 Å². The van der Waals surface area contributed by atoms with E-state index >= 15 is 0 Å². The Morgan fingerprint density at radius 2 is 1.94 bits per heavy atom. The topological polar surface area (TPSA) is 12.5 Å². The van der Waals surface area contributed by atoms with Gasteiger partial charge in [0.1, 0.15) is 5.75 Å². The van der Waals surface area contributed by atoms with Crippen molar-refractivity contribution in [3.8, 4) is 5.75 Å². The van der Waals surface area contributed by atoms with Crippen molar-refractivity contribution in [3.63, 3.8) is 0 Å². The normalized spacial score (nSPS) is 25.1. The Morgan fingerprint density at radius 1 is 1.17 bits per heavy atom. The predicted octanol–water partition coefficient (Wildman–Crippen LogP) is 3.07. The van der Waals surface area contributed by atoms with Crippen molar-refractivity contribution < 1.29 is 4.74 Å². The predicted molar refractivity (Wildman–Crippen MR) is 74.3 cm³/mol. The third-order valence-electron chi connectivity index (χ3n) is 4.81. The Morgan fingerprint density at radius 3 is 2.67 bits per heavy atom. The number of methoxy groups -OCH3 is 1. The van der Waals surface area contributed by atoms with E-state index in [4.69, 9.17) is 4.74 Å². The van der Waals surface area contributed by atoms with Crippen LogP contribution in [0.4, 0.5) is 0 Å². The second-order valence-electron chi connectivity index (χ2n) is 5.85. The van der Waals surface area contributed by atoms with Crippen LogP contribution >= 0.6 is 0 Å². The molecule has 18 heavy (non-hydrogen) atoms. The van der Waals surface area contributed by atoms with Crippen LogP contribution in [0.15, 0.2) is 18.2 Å². The van der Waals surface area contributed by atoms with Crippen LogP contribution in [-0.2, 0) is 6.42 Å². The van der Waals surface area contributed by atoms with Crippen molar-refractivity contribution in [2.45, 2.75) is 31.6 Å². The van der Waals surface area contributed by atoms with E-state index in [9.17, 15) is 0 Å². The van der Waals surface area contributed by atoms with Gasteiger partial charge in [-0.3, -0.25) is 0 Å². The van der Waals surface area contributed by atoms with E-state index in [2.05, 4.69) is 30.1 Å². The average molecular weight is 245 g/mol. The van der Waals surface area contributed by atoms with Gasteiger partial charge in [0, 0.05) is 0 Å². The first kappa shape index (κ1) is 12.0. The summed E-state index contributed by atoms with van der Waals surface area (Å²) in [5.74, 6) is 2.72. The van der Waals surface area contributed by atoms with Crippen LogP contribution in [0, 0.1) is 5.92 Å². The SMILES string of the molecule is COc1ccc2c(c1)CCC2C1CCN(C)CC1. The molecule has 1 aromatic rings. The summed E-state index contributed by atoms with van der Waals surface area (Å²) in [5.41, 5.74) is 3.13. The summed E-state index contributed by atoms with van der Waals surface area (Å²) in [6, 6.07) is 6.68. The fourth-order valence-corrected chi connectivity index (χ4v) is 3.67. The Kier molecular flexibility index (Phi) is 3.29. The molecule has 0 spiro atoms. The van der Waals surface area contributed by atoms with Crippen molar-refractivity contribution in [1.29, 1.82) is 0 Å². The molecule has 1 atom stereocenters. The van der Waals surface area contributed by atoms with E-state index in [0.717, 1.165) is 17.6 Å². The van der Waals surface area contributed by atoms with Crippen molar-refractivity contribution >= 4 is 0 Å². The summed E-state index contributed by atoms with van der Waals surface area (Å²) in [7, 11) is 3.99. The maximum atomic E-state index is 5.33. The summed E-state index contributed by atoms with van der Waals surface area (Å²) in [5, 5.41) is 0. The molecule has 0 amide bonds. The van der Waals surface area contributed by atoms with Gasteiger partial charge in [-0.15, -0.1) is 0 Å². The standard InChI is InChI=1S/C16H23NO/c1-17-9-7-12(8-10-17)15-5-3-13-11-14(18-2)4-6-16(13)15/h4,6,11-12,15H,3,5,7-10H2,1-2H3. The van der Waals surface area contributed by atoms with Crippen LogP contribution in [0.1, 0.15) is 36.3 Å². The Hall–Kier alpha value is -1.02. The smallest absolute Gasteiger partial charge is 0.119 e. The number of ether oxygens (including phenoxy) is 1. The molecule has 2 aliphatic rings. The van der Waals surface area contributed by atoms with Crippen LogP contribution < -0.4 is 4.74 Å². The number of fused-ring (bicyclic) bond motifs is 1. The molecule has 0 N–H and O–H groups in total. The van der Waals surface area contributed by atoms with Crippen LogP contribution in [0.25, 0.3) is 0 Å². The van der Waals surface area contributed by atoms with Crippen LogP contribution in [-0.4, -0.2) is 32.1 Å². The van der Waals surface area contributed by atoms with E-state index in [1.165, 1.54) is 44.3 Å². The van der Waals surface area contributed by atoms with Gasteiger partial charge in [-0.25, -0.2) is 0 Å².